The summed E-state index contributed by atoms with van der Waals surface area (Å²) in [5.41, 5.74) is 1.25. The third-order valence-corrected chi connectivity index (χ3v) is 3.72. The van der Waals surface area contributed by atoms with Crippen LogP contribution in [0, 0.1) is 0 Å². The summed E-state index contributed by atoms with van der Waals surface area (Å²) in [5.74, 6) is 0.379. The van der Waals surface area contributed by atoms with Crippen LogP contribution in [0.1, 0.15) is 22.8 Å². The number of rotatable bonds is 5. The average molecular weight is 359 g/mol. The lowest BCUT2D eigenvalue weighted by Crippen LogP contribution is -2.14. The van der Waals surface area contributed by atoms with Crippen molar-refractivity contribution in [3.05, 3.63) is 64.4 Å². The van der Waals surface area contributed by atoms with Crippen LogP contribution < -0.4 is 9.47 Å². The molecule has 0 bridgehead atoms. The topological polar surface area (TPSA) is 61.8 Å². The molecule has 0 radical (unpaired) electrons. The Balaban J connectivity index is 1.74. The third kappa shape index (κ3) is 4.00. The minimum atomic E-state index is -0.455. The standard InChI is InChI=1S/C19H15ClO5/c1-2-23-18(21)11-24-14-7-8-15-16(10-14)25-17(19(15)22)9-12-3-5-13(20)6-4-12/h3-10H,2,11H2,1H3. The minimum absolute atomic E-state index is 0.200. The second-order valence-electron chi connectivity index (χ2n) is 5.24. The highest BCUT2D eigenvalue weighted by Gasteiger charge is 2.27. The fourth-order valence-electron chi connectivity index (χ4n) is 2.31. The normalized spacial score (nSPS) is 14.2. The highest BCUT2D eigenvalue weighted by atomic mass is 35.5. The molecule has 128 valence electrons. The summed E-state index contributed by atoms with van der Waals surface area (Å²) in [6, 6.07) is 11.9. The van der Waals surface area contributed by atoms with E-state index in [1.165, 1.54) is 0 Å². The maximum Gasteiger partial charge on any atom is 0.344 e. The molecule has 0 N–H and O–H groups in total. The van der Waals surface area contributed by atoms with E-state index in [-0.39, 0.29) is 18.1 Å². The monoisotopic (exact) mass is 358 g/mol. The number of carbonyl (C=O) groups excluding carboxylic acids is 2. The van der Waals surface area contributed by atoms with Gasteiger partial charge in [-0.25, -0.2) is 4.79 Å². The van der Waals surface area contributed by atoms with Gasteiger partial charge in [-0.15, -0.1) is 0 Å². The lowest BCUT2D eigenvalue weighted by atomic mass is 10.1. The molecule has 1 aliphatic heterocycles. The molecule has 3 rings (SSSR count). The van der Waals surface area contributed by atoms with Gasteiger partial charge in [0.05, 0.1) is 12.2 Å². The quantitative estimate of drug-likeness (QED) is 0.599. The van der Waals surface area contributed by atoms with E-state index in [9.17, 15) is 9.59 Å². The van der Waals surface area contributed by atoms with Gasteiger partial charge in [0.25, 0.3) is 0 Å². The lowest BCUT2D eigenvalue weighted by Gasteiger charge is -2.06. The molecule has 0 atom stereocenters. The predicted octanol–water partition coefficient (Wildman–Crippen LogP) is 3.90. The van der Waals surface area contributed by atoms with Gasteiger partial charge in [0, 0.05) is 11.1 Å². The Morgan fingerprint density at radius 3 is 2.68 bits per heavy atom. The zero-order chi connectivity index (χ0) is 17.8. The summed E-state index contributed by atoms with van der Waals surface area (Å²) in [4.78, 5) is 23.7. The molecule has 6 heteroatoms. The number of hydrogen-bond donors (Lipinski definition) is 0. The van der Waals surface area contributed by atoms with Crippen molar-refractivity contribution in [3.8, 4) is 11.5 Å². The van der Waals surface area contributed by atoms with E-state index in [0.29, 0.717) is 28.7 Å². The molecule has 0 unspecified atom stereocenters. The van der Waals surface area contributed by atoms with E-state index in [0.717, 1.165) is 5.56 Å². The van der Waals surface area contributed by atoms with Gasteiger partial charge in [-0.3, -0.25) is 4.79 Å². The smallest absolute Gasteiger partial charge is 0.344 e. The van der Waals surface area contributed by atoms with E-state index in [4.69, 9.17) is 25.8 Å². The Bertz CT molecular complexity index is 839. The number of ether oxygens (including phenoxy) is 3. The Morgan fingerprint density at radius 1 is 1.20 bits per heavy atom. The molecule has 1 heterocycles. The number of Topliss-reactive ketones (excluding diaryl/α,β-unsaturated/α-hetero) is 1. The van der Waals surface area contributed by atoms with Gasteiger partial charge >= 0.3 is 5.97 Å². The van der Waals surface area contributed by atoms with Crippen LogP contribution >= 0.6 is 11.6 Å². The second-order valence-corrected chi connectivity index (χ2v) is 5.68. The molecule has 2 aromatic rings. The summed E-state index contributed by atoms with van der Waals surface area (Å²) < 4.78 is 15.8. The SMILES string of the molecule is CCOC(=O)COc1ccc2c(c1)OC(=Cc1ccc(Cl)cc1)C2=O. The molecule has 25 heavy (non-hydrogen) atoms. The first-order valence-corrected chi connectivity index (χ1v) is 8.07. The summed E-state index contributed by atoms with van der Waals surface area (Å²) in [7, 11) is 0. The van der Waals surface area contributed by atoms with Crippen LogP contribution in [-0.2, 0) is 9.53 Å². The van der Waals surface area contributed by atoms with E-state index in [2.05, 4.69) is 0 Å². The van der Waals surface area contributed by atoms with Crippen molar-refractivity contribution in [2.45, 2.75) is 6.92 Å². The van der Waals surface area contributed by atoms with Gasteiger partial charge in [-0.05, 0) is 42.8 Å². The van der Waals surface area contributed by atoms with E-state index >= 15 is 0 Å². The van der Waals surface area contributed by atoms with Gasteiger partial charge in [-0.1, -0.05) is 23.7 Å². The number of halogens is 1. The van der Waals surface area contributed by atoms with E-state index < -0.39 is 5.97 Å². The van der Waals surface area contributed by atoms with Crippen LogP contribution in [0.2, 0.25) is 5.02 Å². The summed E-state index contributed by atoms with van der Waals surface area (Å²) in [5, 5.41) is 0.618. The second kappa shape index (κ2) is 7.40. The van der Waals surface area contributed by atoms with Crippen molar-refractivity contribution in [2.24, 2.45) is 0 Å². The first kappa shape index (κ1) is 17.0. The van der Waals surface area contributed by atoms with Crippen LogP contribution in [0.3, 0.4) is 0 Å². The van der Waals surface area contributed by atoms with Crippen LogP contribution in [-0.4, -0.2) is 25.0 Å². The molecule has 0 spiro atoms. The number of esters is 1. The highest BCUT2D eigenvalue weighted by molar-refractivity contribution is 6.30. The Hall–Kier alpha value is -2.79. The largest absolute Gasteiger partial charge is 0.482 e. The molecular formula is C19H15ClO5. The lowest BCUT2D eigenvalue weighted by molar-refractivity contribution is -0.145. The molecule has 5 nitrogen and oxygen atoms in total. The summed E-state index contributed by atoms with van der Waals surface area (Å²) in [6.07, 6.45) is 1.65. The Labute approximate surface area is 149 Å². The van der Waals surface area contributed by atoms with Gasteiger partial charge in [-0.2, -0.15) is 0 Å². The van der Waals surface area contributed by atoms with Crippen LogP contribution in [0.4, 0.5) is 0 Å². The number of hydrogen-bond acceptors (Lipinski definition) is 5. The number of allylic oxidation sites excluding steroid dienone is 1. The van der Waals surface area contributed by atoms with E-state index in [1.807, 2.05) is 0 Å². The van der Waals surface area contributed by atoms with Crippen molar-refractivity contribution in [3.63, 3.8) is 0 Å². The number of carbonyl (C=O) groups is 2. The van der Waals surface area contributed by atoms with Crippen molar-refractivity contribution < 1.29 is 23.8 Å². The third-order valence-electron chi connectivity index (χ3n) is 3.47. The van der Waals surface area contributed by atoms with Crippen molar-refractivity contribution in [1.82, 2.24) is 0 Å². The van der Waals surface area contributed by atoms with Crippen LogP contribution in [0.5, 0.6) is 11.5 Å². The fraction of sp³-hybridized carbons (Fsp3) is 0.158. The number of benzene rings is 2. The first-order chi connectivity index (χ1) is 12.1. The summed E-state index contributed by atoms with van der Waals surface area (Å²) in [6.45, 7) is 1.82. The van der Waals surface area contributed by atoms with Crippen LogP contribution in [0.25, 0.3) is 6.08 Å². The van der Waals surface area contributed by atoms with Gasteiger partial charge in [0.2, 0.25) is 5.78 Å². The maximum atomic E-state index is 12.4. The predicted molar refractivity (Wildman–Crippen MR) is 93.0 cm³/mol. The van der Waals surface area contributed by atoms with Crippen molar-refractivity contribution in [1.29, 1.82) is 0 Å². The zero-order valence-corrected chi connectivity index (χ0v) is 14.2. The molecule has 0 saturated carbocycles. The molecule has 1 aliphatic rings. The maximum absolute atomic E-state index is 12.4. The number of ketones is 1. The van der Waals surface area contributed by atoms with Crippen molar-refractivity contribution >= 4 is 29.4 Å². The van der Waals surface area contributed by atoms with Gasteiger partial charge < -0.3 is 14.2 Å². The molecular weight excluding hydrogens is 344 g/mol. The number of fused-ring (bicyclic) bond motifs is 1. The molecule has 0 aromatic heterocycles. The molecule has 0 fully saturated rings. The Kier molecular flexibility index (Phi) is 5.05. The van der Waals surface area contributed by atoms with Crippen LogP contribution in [0.15, 0.2) is 48.2 Å². The van der Waals surface area contributed by atoms with Crippen molar-refractivity contribution in [2.75, 3.05) is 13.2 Å². The van der Waals surface area contributed by atoms with Gasteiger partial charge in [0.15, 0.2) is 12.4 Å². The molecule has 2 aromatic carbocycles. The molecule has 0 aliphatic carbocycles. The fourth-order valence-corrected chi connectivity index (χ4v) is 2.44. The summed E-state index contributed by atoms with van der Waals surface area (Å²) >= 11 is 5.85. The molecule has 0 saturated heterocycles. The minimum Gasteiger partial charge on any atom is -0.482 e. The average Bonchev–Trinajstić information content (AvgIpc) is 2.91. The Morgan fingerprint density at radius 2 is 1.96 bits per heavy atom. The van der Waals surface area contributed by atoms with Gasteiger partial charge in [0.1, 0.15) is 11.5 Å². The van der Waals surface area contributed by atoms with E-state index in [1.54, 1.807) is 55.5 Å². The highest BCUT2D eigenvalue weighted by Crippen LogP contribution is 2.34. The molecule has 0 amide bonds. The first-order valence-electron chi connectivity index (χ1n) is 7.69. The zero-order valence-electron chi connectivity index (χ0n) is 13.5.